The van der Waals surface area contributed by atoms with Crippen LogP contribution in [0.4, 0.5) is 5.82 Å². The summed E-state index contributed by atoms with van der Waals surface area (Å²) in [5, 5.41) is 3.47. The maximum absolute atomic E-state index is 4.45. The van der Waals surface area contributed by atoms with E-state index in [4.69, 9.17) is 0 Å². The van der Waals surface area contributed by atoms with Crippen molar-refractivity contribution in [2.75, 3.05) is 5.32 Å². The number of rotatable bonds is 5. The van der Waals surface area contributed by atoms with Crippen molar-refractivity contribution in [1.82, 2.24) is 9.97 Å². The molecule has 0 unspecified atom stereocenters. The lowest BCUT2D eigenvalue weighted by Crippen LogP contribution is -2.18. The second kappa shape index (κ2) is 6.15. The molecule has 94 valence electrons. The van der Waals surface area contributed by atoms with E-state index in [9.17, 15) is 0 Å². The van der Waals surface area contributed by atoms with E-state index >= 15 is 0 Å². The molecule has 0 saturated heterocycles. The van der Waals surface area contributed by atoms with Crippen molar-refractivity contribution >= 4 is 5.82 Å². The fraction of sp³-hybridized carbons (Fsp3) is 0.333. The van der Waals surface area contributed by atoms with Crippen LogP contribution in [0.25, 0.3) is 11.3 Å². The molecule has 18 heavy (non-hydrogen) atoms. The number of hydrogen-bond acceptors (Lipinski definition) is 3. The van der Waals surface area contributed by atoms with Crippen LogP contribution in [0.5, 0.6) is 0 Å². The van der Waals surface area contributed by atoms with Gasteiger partial charge in [0.25, 0.3) is 0 Å². The molecule has 0 aliphatic rings. The van der Waals surface area contributed by atoms with E-state index in [2.05, 4.69) is 41.3 Å². The van der Waals surface area contributed by atoms with Crippen molar-refractivity contribution in [3.8, 4) is 11.3 Å². The van der Waals surface area contributed by atoms with E-state index in [1.807, 2.05) is 18.2 Å². The molecule has 0 saturated carbocycles. The average molecular weight is 241 g/mol. The summed E-state index contributed by atoms with van der Waals surface area (Å²) in [7, 11) is 0. The van der Waals surface area contributed by atoms with Gasteiger partial charge in [-0.25, -0.2) is 4.98 Å². The molecule has 3 nitrogen and oxygen atoms in total. The molecule has 2 rings (SSSR count). The van der Waals surface area contributed by atoms with Crippen LogP contribution in [0, 0.1) is 0 Å². The minimum Gasteiger partial charge on any atom is -0.366 e. The Morgan fingerprint density at radius 2 is 1.67 bits per heavy atom. The van der Waals surface area contributed by atoms with Gasteiger partial charge in [-0.1, -0.05) is 44.2 Å². The van der Waals surface area contributed by atoms with Gasteiger partial charge >= 0.3 is 0 Å². The van der Waals surface area contributed by atoms with Gasteiger partial charge in [0.2, 0.25) is 0 Å². The van der Waals surface area contributed by atoms with Gasteiger partial charge in [-0.05, 0) is 12.8 Å². The number of nitrogens with one attached hydrogen (secondary N) is 1. The second-order valence-corrected chi connectivity index (χ2v) is 4.28. The zero-order chi connectivity index (χ0) is 12.8. The van der Waals surface area contributed by atoms with Crippen LogP contribution in [0.3, 0.4) is 0 Å². The highest BCUT2D eigenvalue weighted by molar-refractivity contribution is 5.71. The molecular formula is C15H19N3. The molecule has 0 spiro atoms. The monoisotopic (exact) mass is 241 g/mol. The normalized spacial score (nSPS) is 10.6. The molecule has 0 bridgehead atoms. The van der Waals surface area contributed by atoms with Crippen molar-refractivity contribution < 1.29 is 0 Å². The van der Waals surface area contributed by atoms with Crippen molar-refractivity contribution in [2.45, 2.75) is 32.7 Å². The van der Waals surface area contributed by atoms with E-state index in [1.54, 1.807) is 12.4 Å². The maximum Gasteiger partial charge on any atom is 0.152 e. The molecule has 1 N–H and O–H groups in total. The molecule has 0 atom stereocenters. The van der Waals surface area contributed by atoms with Crippen LogP contribution >= 0.6 is 0 Å². The number of benzene rings is 1. The van der Waals surface area contributed by atoms with Crippen molar-refractivity contribution in [3.63, 3.8) is 0 Å². The lowest BCUT2D eigenvalue weighted by atomic mass is 10.1. The summed E-state index contributed by atoms with van der Waals surface area (Å²) in [4.78, 5) is 8.86. The Hall–Kier alpha value is -1.90. The predicted octanol–water partition coefficient (Wildman–Crippen LogP) is 3.74. The average Bonchev–Trinajstić information content (AvgIpc) is 2.46. The summed E-state index contributed by atoms with van der Waals surface area (Å²) in [6.45, 7) is 4.36. The van der Waals surface area contributed by atoms with Crippen LogP contribution < -0.4 is 5.32 Å². The second-order valence-electron chi connectivity index (χ2n) is 4.28. The highest BCUT2D eigenvalue weighted by atomic mass is 15.0. The van der Waals surface area contributed by atoms with Gasteiger partial charge in [0.05, 0.1) is 0 Å². The number of hydrogen-bond donors (Lipinski definition) is 1. The Balaban J connectivity index is 2.31. The topological polar surface area (TPSA) is 37.8 Å². The predicted molar refractivity (Wildman–Crippen MR) is 75.5 cm³/mol. The minimum atomic E-state index is 0.448. The largest absolute Gasteiger partial charge is 0.366 e. The smallest absolute Gasteiger partial charge is 0.152 e. The van der Waals surface area contributed by atoms with Crippen LogP contribution in [-0.4, -0.2) is 16.0 Å². The van der Waals surface area contributed by atoms with E-state index in [0.29, 0.717) is 6.04 Å². The third kappa shape index (κ3) is 2.86. The van der Waals surface area contributed by atoms with Gasteiger partial charge in [0.1, 0.15) is 5.69 Å². The molecule has 0 aliphatic heterocycles. The Kier molecular flexibility index (Phi) is 4.29. The van der Waals surface area contributed by atoms with Gasteiger partial charge in [-0.15, -0.1) is 0 Å². The number of nitrogens with zero attached hydrogens (tertiary/aromatic N) is 2. The molecule has 0 amide bonds. The van der Waals surface area contributed by atoms with E-state index in [-0.39, 0.29) is 0 Å². The van der Waals surface area contributed by atoms with Gasteiger partial charge in [0, 0.05) is 24.0 Å². The molecule has 1 aromatic heterocycles. The number of anilines is 1. The zero-order valence-electron chi connectivity index (χ0n) is 10.9. The van der Waals surface area contributed by atoms with Crippen molar-refractivity contribution in [2.24, 2.45) is 0 Å². The first kappa shape index (κ1) is 12.6. The molecule has 0 fully saturated rings. The molecule has 1 heterocycles. The van der Waals surface area contributed by atoms with Crippen LogP contribution in [-0.2, 0) is 0 Å². The molecule has 1 aromatic carbocycles. The highest BCUT2D eigenvalue weighted by Crippen LogP contribution is 2.24. The summed E-state index contributed by atoms with van der Waals surface area (Å²) in [5.74, 6) is 0.873. The zero-order valence-corrected chi connectivity index (χ0v) is 10.9. The van der Waals surface area contributed by atoms with Crippen molar-refractivity contribution in [1.29, 1.82) is 0 Å². The van der Waals surface area contributed by atoms with Gasteiger partial charge in [-0.3, -0.25) is 4.98 Å². The Labute approximate surface area is 108 Å². The fourth-order valence-electron chi connectivity index (χ4n) is 1.94. The lowest BCUT2D eigenvalue weighted by molar-refractivity contribution is 0.668. The van der Waals surface area contributed by atoms with E-state index in [0.717, 1.165) is 29.9 Å². The number of aromatic nitrogens is 2. The molecular weight excluding hydrogens is 222 g/mol. The third-order valence-corrected chi connectivity index (χ3v) is 3.07. The quantitative estimate of drug-likeness (QED) is 0.866. The summed E-state index contributed by atoms with van der Waals surface area (Å²) < 4.78 is 0. The third-order valence-electron chi connectivity index (χ3n) is 3.07. The first-order valence-electron chi connectivity index (χ1n) is 6.48. The molecule has 3 heteroatoms. The minimum absolute atomic E-state index is 0.448. The maximum atomic E-state index is 4.45. The summed E-state index contributed by atoms with van der Waals surface area (Å²) >= 11 is 0. The van der Waals surface area contributed by atoms with Gasteiger partial charge in [0.15, 0.2) is 5.82 Å². The van der Waals surface area contributed by atoms with Crippen LogP contribution in [0.1, 0.15) is 26.7 Å². The summed E-state index contributed by atoms with van der Waals surface area (Å²) in [6, 6.07) is 10.6. The first-order chi connectivity index (χ1) is 8.85. The van der Waals surface area contributed by atoms with Crippen molar-refractivity contribution in [3.05, 3.63) is 42.7 Å². The van der Waals surface area contributed by atoms with Crippen LogP contribution in [0.15, 0.2) is 42.7 Å². The molecule has 0 radical (unpaired) electrons. The fourth-order valence-corrected chi connectivity index (χ4v) is 1.94. The highest BCUT2D eigenvalue weighted by Gasteiger charge is 2.10. The Morgan fingerprint density at radius 1 is 1.00 bits per heavy atom. The first-order valence-corrected chi connectivity index (χ1v) is 6.48. The van der Waals surface area contributed by atoms with Crippen LogP contribution in [0.2, 0.25) is 0 Å². The van der Waals surface area contributed by atoms with Gasteiger partial charge < -0.3 is 5.32 Å². The molecule has 2 aromatic rings. The molecule has 0 aliphatic carbocycles. The summed E-state index contributed by atoms with van der Waals surface area (Å²) in [5.41, 5.74) is 2.02. The summed E-state index contributed by atoms with van der Waals surface area (Å²) in [6.07, 6.45) is 5.64. The van der Waals surface area contributed by atoms with Gasteiger partial charge in [-0.2, -0.15) is 0 Å². The SMILES string of the molecule is CCC(CC)Nc1nccnc1-c1ccccc1. The van der Waals surface area contributed by atoms with E-state index < -0.39 is 0 Å². The Bertz CT molecular complexity index is 478. The lowest BCUT2D eigenvalue weighted by Gasteiger charge is -2.17. The standard InChI is InChI=1S/C15H19N3/c1-3-13(4-2)18-15-14(16-10-11-17-15)12-8-6-5-7-9-12/h5-11,13H,3-4H2,1-2H3,(H,17,18). The van der Waals surface area contributed by atoms with E-state index in [1.165, 1.54) is 0 Å². The Morgan fingerprint density at radius 3 is 2.33 bits per heavy atom.